The summed E-state index contributed by atoms with van der Waals surface area (Å²) in [5.74, 6) is 3.09. The van der Waals surface area contributed by atoms with Gasteiger partial charge in [0.2, 0.25) is 0 Å². The maximum absolute atomic E-state index is 12.9. The highest BCUT2D eigenvalue weighted by atomic mass is 32.1. The fraction of sp³-hybridized carbons (Fsp3) is 0.421. The van der Waals surface area contributed by atoms with Gasteiger partial charge in [0.25, 0.3) is 5.91 Å². The van der Waals surface area contributed by atoms with E-state index >= 15 is 0 Å². The fourth-order valence-electron chi connectivity index (χ4n) is 3.14. The zero-order chi connectivity index (χ0) is 17.7. The highest BCUT2D eigenvalue weighted by molar-refractivity contribution is 7.20. The second kappa shape index (κ2) is 5.95. The Morgan fingerprint density at radius 1 is 1.28 bits per heavy atom. The summed E-state index contributed by atoms with van der Waals surface area (Å²) in [6.07, 6.45) is 2.35. The van der Waals surface area contributed by atoms with E-state index in [9.17, 15) is 4.79 Å². The number of hydrogen-bond acceptors (Lipinski definition) is 5. The van der Waals surface area contributed by atoms with Crippen molar-refractivity contribution in [3.8, 4) is 0 Å². The number of carbonyl (C=O) groups is 1. The Labute approximate surface area is 150 Å². The number of aromatic nitrogens is 2. The van der Waals surface area contributed by atoms with Gasteiger partial charge in [-0.25, -0.2) is 9.97 Å². The number of amides is 1. The number of fused-ring (bicyclic) bond motifs is 1. The molecule has 3 aromatic heterocycles. The number of nitrogens with zero attached hydrogens (tertiary/aromatic N) is 3. The van der Waals surface area contributed by atoms with E-state index in [1.807, 2.05) is 32.9 Å². The molecule has 0 N–H and O–H groups in total. The summed E-state index contributed by atoms with van der Waals surface area (Å²) in [6.45, 7) is 6.36. The van der Waals surface area contributed by atoms with Gasteiger partial charge in [0, 0.05) is 18.4 Å². The molecule has 1 amide bonds. The Bertz CT molecular complexity index is 969. The van der Waals surface area contributed by atoms with E-state index in [1.54, 1.807) is 11.9 Å². The first-order valence-electron chi connectivity index (χ1n) is 8.52. The highest BCUT2D eigenvalue weighted by Gasteiger charge is 2.29. The van der Waals surface area contributed by atoms with Crippen molar-refractivity contribution in [3.63, 3.8) is 0 Å². The normalized spacial score (nSPS) is 14.2. The lowest BCUT2D eigenvalue weighted by Crippen LogP contribution is -2.25. The molecule has 0 aromatic carbocycles. The van der Waals surface area contributed by atoms with Crippen LogP contribution in [0.3, 0.4) is 0 Å². The molecule has 0 aliphatic heterocycles. The molecule has 3 aromatic rings. The molecule has 4 rings (SSSR count). The number of thiophene rings is 1. The summed E-state index contributed by atoms with van der Waals surface area (Å²) in [5.41, 5.74) is 1.95. The van der Waals surface area contributed by atoms with E-state index in [2.05, 4.69) is 4.98 Å². The fourth-order valence-corrected chi connectivity index (χ4v) is 4.37. The highest BCUT2D eigenvalue weighted by Crippen LogP contribution is 2.40. The second-order valence-corrected chi connectivity index (χ2v) is 7.85. The molecule has 1 aliphatic rings. The maximum atomic E-state index is 12.9. The molecule has 0 atom stereocenters. The van der Waals surface area contributed by atoms with Crippen molar-refractivity contribution in [2.75, 3.05) is 7.05 Å². The number of hydrogen-bond donors (Lipinski definition) is 0. The summed E-state index contributed by atoms with van der Waals surface area (Å²) in [7, 11) is 1.80. The van der Waals surface area contributed by atoms with Crippen molar-refractivity contribution in [1.29, 1.82) is 0 Å². The number of aryl methyl sites for hydroxylation is 3. The van der Waals surface area contributed by atoms with Crippen molar-refractivity contribution in [2.45, 2.75) is 46.1 Å². The minimum Gasteiger partial charge on any atom is -0.464 e. The van der Waals surface area contributed by atoms with Crippen LogP contribution in [0, 0.1) is 20.8 Å². The lowest BCUT2D eigenvalue weighted by Gasteiger charge is -2.15. The Hall–Kier alpha value is -2.21. The minimum absolute atomic E-state index is 0.00178. The van der Waals surface area contributed by atoms with E-state index in [0.717, 1.165) is 43.7 Å². The van der Waals surface area contributed by atoms with E-state index in [0.29, 0.717) is 12.5 Å². The molecule has 0 saturated heterocycles. The zero-order valence-electron chi connectivity index (χ0n) is 14.9. The maximum Gasteiger partial charge on any atom is 0.264 e. The lowest BCUT2D eigenvalue weighted by molar-refractivity contribution is 0.0779. The smallest absolute Gasteiger partial charge is 0.264 e. The molecular formula is C19H21N3O2S. The summed E-state index contributed by atoms with van der Waals surface area (Å²) in [4.78, 5) is 25.7. The van der Waals surface area contributed by atoms with Gasteiger partial charge in [-0.2, -0.15) is 0 Å². The predicted octanol–water partition coefficient (Wildman–Crippen LogP) is 4.36. The first-order chi connectivity index (χ1) is 11.9. The molecule has 3 heterocycles. The van der Waals surface area contributed by atoms with E-state index in [1.165, 1.54) is 24.2 Å². The standard InChI is InChI=1S/C19H21N3O2S/c1-10-5-8-14(24-10)9-22(4)19(23)16-11(2)15-12(3)20-17(13-6-7-13)21-18(15)25-16/h5,8,13H,6-7,9H2,1-4H3. The lowest BCUT2D eigenvalue weighted by atomic mass is 10.1. The van der Waals surface area contributed by atoms with Gasteiger partial charge in [-0.1, -0.05) is 0 Å². The number of rotatable bonds is 4. The van der Waals surface area contributed by atoms with Gasteiger partial charge in [0.05, 0.1) is 17.1 Å². The molecule has 130 valence electrons. The van der Waals surface area contributed by atoms with Crippen molar-refractivity contribution < 1.29 is 9.21 Å². The topological polar surface area (TPSA) is 59.2 Å². The average molecular weight is 355 g/mol. The number of furan rings is 1. The molecule has 0 spiro atoms. The quantitative estimate of drug-likeness (QED) is 0.698. The van der Waals surface area contributed by atoms with Crippen molar-refractivity contribution in [2.24, 2.45) is 0 Å². The van der Waals surface area contributed by atoms with Crippen molar-refractivity contribution >= 4 is 27.5 Å². The molecule has 0 bridgehead atoms. The van der Waals surface area contributed by atoms with Crippen LogP contribution in [-0.2, 0) is 6.54 Å². The van der Waals surface area contributed by atoms with Crippen LogP contribution in [0.5, 0.6) is 0 Å². The second-order valence-electron chi connectivity index (χ2n) is 6.85. The Morgan fingerprint density at radius 3 is 2.68 bits per heavy atom. The molecule has 6 heteroatoms. The van der Waals surface area contributed by atoms with Crippen LogP contribution in [0.2, 0.25) is 0 Å². The largest absolute Gasteiger partial charge is 0.464 e. The Morgan fingerprint density at radius 2 is 2.04 bits per heavy atom. The van der Waals surface area contributed by atoms with Crippen LogP contribution < -0.4 is 0 Å². The van der Waals surface area contributed by atoms with Crippen LogP contribution in [0.1, 0.15) is 57.0 Å². The Balaban J connectivity index is 1.66. The van der Waals surface area contributed by atoms with E-state index in [4.69, 9.17) is 9.40 Å². The third-order valence-corrected chi connectivity index (χ3v) is 5.83. The first kappa shape index (κ1) is 16.3. The summed E-state index contributed by atoms with van der Waals surface area (Å²) >= 11 is 1.48. The summed E-state index contributed by atoms with van der Waals surface area (Å²) in [5, 5.41) is 1.03. The van der Waals surface area contributed by atoms with Gasteiger partial charge in [-0.15, -0.1) is 11.3 Å². The van der Waals surface area contributed by atoms with Gasteiger partial charge < -0.3 is 9.32 Å². The van der Waals surface area contributed by atoms with Gasteiger partial charge in [-0.3, -0.25) is 4.79 Å². The third-order valence-electron chi connectivity index (χ3n) is 4.66. The van der Waals surface area contributed by atoms with Gasteiger partial charge in [0.15, 0.2) is 0 Å². The molecular weight excluding hydrogens is 334 g/mol. The number of carbonyl (C=O) groups excluding carboxylic acids is 1. The molecule has 1 fully saturated rings. The SMILES string of the molecule is Cc1ccc(CN(C)C(=O)c2sc3nc(C4CC4)nc(C)c3c2C)o1. The van der Waals surface area contributed by atoms with Gasteiger partial charge in [0.1, 0.15) is 22.2 Å². The van der Waals surface area contributed by atoms with E-state index in [-0.39, 0.29) is 5.91 Å². The van der Waals surface area contributed by atoms with Crippen LogP contribution in [-0.4, -0.2) is 27.8 Å². The molecule has 5 nitrogen and oxygen atoms in total. The summed E-state index contributed by atoms with van der Waals surface area (Å²) in [6, 6.07) is 3.82. The molecule has 0 unspecified atom stereocenters. The minimum atomic E-state index is 0.00178. The van der Waals surface area contributed by atoms with Crippen LogP contribution >= 0.6 is 11.3 Å². The van der Waals surface area contributed by atoms with E-state index < -0.39 is 0 Å². The van der Waals surface area contributed by atoms with Crippen molar-refractivity contribution in [1.82, 2.24) is 14.9 Å². The average Bonchev–Trinajstić information content (AvgIpc) is 3.26. The Kier molecular flexibility index (Phi) is 3.87. The van der Waals surface area contributed by atoms with Gasteiger partial charge >= 0.3 is 0 Å². The van der Waals surface area contributed by atoms with Crippen molar-refractivity contribution in [3.05, 3.63) is 45.6 Å². The predicted molar refractivity (Wildman–Crippen MR) is 98.1 cm³/mol. The molecule has 1 saturated carbocycles. The molecule has 25 heavy (non-hydrogen) atoms. The third kappa shape index (κ3) is 2.95. The van der Waals surface area contributed by atoms with Crippen LogP contribution in [0.4, 0.5) is 0 Å². The molecule has 0 radical (unpaired) electrons. The molecule has 1 aliphatic carbocycles. The first-order valence-corrected chi connectivity index (χ1v) is 9.34. The zero-order valence-corrected chi connectivity index (χ0v) is 15.7. The van der Waals surface area contributed by atoms with Crippen LogP contribution in [0.15, 0.2) is 16.5 Å². The monoisotopic (exact) mass is 355 g/mol. The van der Waals surface area contributed by atoms with Crippen LogP contribution in [0.25, 0.3) is 10.2 Å². The van der Waals surface area contributed by atoms with Gasteiger partial charge in [-0.05, 0) is 51.3 Å². The summed E-state index contributed by atoms with van der Waals surface area (Å²) < 4.78 is 5.58.